The molecule has 0 bridgehead atoms. The highest BCUT2D eigenvalue weighted by Gasteiger charge is 2.07. The van der Waals surface area contributed by atoms with E-state index in [4.69, 9.17) is 0 Å². The summed E-state index contributed by atoms with van der Waals surface area (Å²) in [4.78, 5) is 26.5. The second-order valence-electron chi connectivity index (χ2n) is 3.92. The topological polar surface area (TPSA) is 61.2 Å². The Labute approximate surface area is 101 Å². The zero-order chi connectivity index (χ0) is 12.7. The number of aromatic nitrogens is 2. The van der Waals surface area contributed by atoms with Crippen LogP contribution < -0.4 is 0 Å². The molecule has 0 amide bonds. The number of methoxy groups -OCH3 is 1. The van der Waals surface area contributed by atoms with Gasteiger partial charge in [0.1, 0.15) is 11.6 Å². The minimum absolute atomic E-state index is 0.101. The highest BCUT2D eigenvalue weighted by molar-refractivity contribution is 5.82. The lowest BCUT2D eigenvalue weighted by Crippen LogP contribution is -2.06. The maximum atomic E-state index is 11.4. The largest absolute Gasteiger partial charge is 0.469 e. The van der Waals surface area contributed by atoms with Crippen molar-refractivity contribution in [1.29, 1.82) is 0 Å². The summed E-state index contributed by atoms with van der Waals surface area (Å²) in [5.74, 6) is 0.748. The Hall–Kier alpha value is -1.65. The first-order valence-electron chi connectivity index (χ1n) is 5.68. The number of Topliss-reactive ketones (excluding diaryl/α,β-unsaturated/α-hetero) is 1. The van der Waals surface area contributed by atoms with E-state index >= 15 is 0 Å². The molecule has 0 aliphatic carbocycles. The van der Waals surface area contributed by atoms with Gasteiger partial charge >= 0.3 is 5.97 Å². The average Bonchev–Trinajstić information content (AvgIpc) is 2.72. The second-order valence-corrected chi connectivity index (χ2v) is 3.92. The van der Waals surface area contributed by atoms with Crippen LogP contribution in [0.15, 0.2) is 12.4 Å². The van der Waals surface area contributed by atoms with Gasteiger partial charge < -0.3 is 9.30 Å². The van der Waals surface area contributed by atoms with E-state index in [-0.39, 0.29) is 24.6 Å². The fraction of sp³-hybridized carbons (Fsp3) is 0.583. The van der Waals surface area contributed by atoms with E-state index in [2.05, 4.69) is 9.72 Å². The molecule has 17 heavy (non-hydrogen) atoms. The lowest BCUT2D eigenvalue weighted by molar-refractivity contribution is -0.141. The maximum absolute atomic E-state index is 11.4. The highest BCUT2D eigenvalue weighted by Crippen LogP contribution is 2.05. The Morgan fingerprint density at radius 2 is 2.12 bits per heavy atom. The number of aryl methyl sites for hydroxylation is 2. The second kappa shape index (κ2) is 6.83. The first kappa shape index (κ1) is 13.4. The first-order valence-corrected chi connectivity index (χ1v) is 5.68. The van der Waals surface area contributed by atoms with E-state index in [0.717, 1.165) is 18.7 Å². The van der Waals surface area contributed by atoms with Gasteiger partial charge in [-0.25, -0.2) is 4.98 Å². The SMILES string of the molecule is COC(=O)CCC(=O)CCCc1nccn1C. The number of ketones is 1. The van der Waals surface area contributed by atoms with Gasteiger partial charge in [0.15, 0.2) is 0 Å². The number of carbonyl (C=O) groups is 2. The van der Waals surface area contributed by atoms with Crippen LogP contribution in [0.25, 0.3) is 0 Å². The summed E-state index contributed by atoms with van der Waals surface area (Å²) in [6.45, 7) is 0. The zero-order valence-corrected chi connectivity index (χ0v) is 10.3. The quantitative estimate of drug-likeness (QED) is 0.671. The molecule has 94 valence electrons. The van der Waals surface area contributed by atoms with E-state index in [0.29, 0.717) is 6.42 Å². The van der Waals surface area contributed by atoms with Crippen molar-refractivity contribution in [2.24, 2.45) is 7.05 Å². The van der Waals surface area contributed by atoms with Gasteiger partial charge in [0.05, 0.1) is 13.5 Å². The molecule has 0 atom stereocenters. The van der Waals surface area contributed by atoms with Crippen molar-refractivity contribution in [3.63, 3.8) is 0 Å². The molecule has 5 heteroatoms. The van der Waals surface area contributed by atoms with Crippen LogP contribution in [0, 0.1) is 0 Å². The van der Waals surface area contributed by atoms with Crippen LogP contribution in [-0.4, -0.2) is 28.4 Å². The van der Waals surface area contributed by atoms with Gasteiger partial charge in [-0.1, -0.05) is 0 Å². The van der Waals surface area contributed by atoms with Crippen molar-refractivity contribution in [2.45, 2.75) is 32.1 Å². The normalized spacial score (nSPS) is 10.2. The number of ether oxygens (including phenoxy) is 1. The third kappa shape index (κ3) is 4.80. The Morgan fingerprint density at radius 1 is 1.35 bits per heavy atom. The van der Waals surface area contributed by atoms with Gasteiger partial charge in [-0.15, -0.1) is 0 Å². The number of esters is 1. The Morgan fingerprint density at radius 3 is 2.71 bits per heavy atom. The van der Waals surface area contributed by atoms with Crippen molar-refractivity contribution < 1.29 is 14.3 Å². The molecule has 0 fully saturated rings. The fourth-order valence-corrected chi connectivity index (χ4v) is 1.55. The lowest BCUT2D eigenvalue weighted by atomic mass is 10.1. The van der Waals surface area contributed by atoms with Crippen LogP contribution in [0.2, 0.25) is 0 Å². The monoisotopic (exact) mass is 238 g/mol. The van der Waals surface area contributed by atoms with Crippen molar-refractivity contribution in [1.82, 2.24) is 9.55 Å². The van der Waals surface area contributed by atoms with Crippen LogP contribution in [0.4, 0.5) is 0 Å². The molecule has 0 N–H and O–H groups in total. The molecule has 1 aromatic heterocycles. The maximum Gasteiger partial charge on any atom is 0.305 e. The predicted octanol–water partition coefficient (Wildman–Crippen LogP) is 1.27. The Balaban J connectivity index is 2.16. The van der Waals surface area contributed by atoms with E-state index in [9.17, 15) is 9.59 Å². The number of imidazole rings is 1. The molecule has 1 heterocycles. The van der Waals surface area contributed by atoms with Crippen molar-refractivity contribution >= 4 is 11.8 Å². The minimum atomic E-state index is -0.331. The van der Waals surface area contributed by atoms with Crippen molar-refractivity contribution in [3.05, 3.63) is 18.2 Å². The zero-order valence-electron chi connectivity index (χ0n) is 10.3. The molecule has 0 aromatic carbocycles. The molecule has 0 aliphatic rings. The summed E-state index contributed by atoms with van der Waals surface area (Å²) >= 11 is 0. The smallest absolute Gasteiger partial charge is 0.305 e. The van der Waals surface area contributed by atoms with Crippen molar-refractivity contribution in [2.75, 3.05) is 7.11 Å². The summed E-state index contributed by atoms with van der Waals surface area (Å²) < 4.78 is 6.42. The van der Waals surface area contributed by atoms with E-state index < -0.39 is 0 Å². The van der Waals surface area contributed by atoms with Gasteiger partial charge in [0, 0.05) is 38.7 Å². The van der Waals surface area contributed by atoms with E-state index in [1.54, 1.807) is 6.20 Å². The molecular formula is C12H18N2O3. The molecule has 0 unspecified atom stereocenters. The van der Waals surface area contributed by atoms with E-state index in [1.165, 1.54) is 7.11 Å². The number of hydrogen-bond donors (Lipinski definition) is 0. The summed E-state index contributed by atoms with van der Waals surface area (Å²) in [7, 11) is 3.26. The average molecular weight is 238 g/mol. The number of carbonyl (C=O) groups excluding carboxylic acids is 2. The van der Waals surface area contributed by atoms with Crippen LogP contribution in [0.3, 0.4) is 0 Å². The van der Waals surface area contributed by atoms with Crippen molar-refractivity contribution in [3.8, 4) is 0 Å². The third-order valence-corrected chi connectivity index (χ3v) is 2.61. The van der Waals surface area contributed by atoms with E-state index in [1.807, 2.05) is 17.8 Å². The molecule has 1 rings (SSSR count). The van der Waals surface area contributed by atoms with Crippen LogP contribution in [-0.2, 0) is 27.8 Å². The first-order chi connectivity index (χ1) is 8.13. The van der Waals surface area contributed by atoms with Gasteiger partial charge in [-0.05, 0) is 6.42 Å². The highest BCUT2D eigenvalue weighted by atomic mass is 16.5. The van der Waals surface area contributed by atoms with Crippen LogP contribution >= 0.6 is 0 Å². The number of hydrogen-bond acceptors (Lipinski definition) is 4. The molecular weight excluding hydrogens is 220 g/mol. The van der Waals surface area contributed by atoms with Crippen LogP contribution in [0.5, 0.6) is 0 Å². The van der Waals surface area contributed by atoms with Gasteiger partial charge in [0.2, 0.25) is 0 Å². The fourth-order valence-electron chi connectivity index (χ4n) is 1.55. The Bertz CT molecular complexity index is 385. The van der Waals surface area contributed by atoms with Gasteiger partial charge in [-0.3, -0.25) is 9.59 Å². The molecule has 0 saturated heterocycles. The number of nitrogens with zero attached hydrogens (tertiary/aromatic N) is 2. The summed E-state index contributed by atoms with van der Waals surface area (Å²) in [5.41, 5.74) is 0. The molecule has 0 saturated carbocycles. The summed E-state index contributed by atoms with van der Waals surface area (Å²) in [6, 6.07) is 0. The predicted molar refractivity (Wildman–Crippen MR) is 62.4 cm³/mol. The van der Waals surface area contributed by atoms with Gasteiger partial charge in [-0.2, -0.15) is 0 Å². The minimum Gasteiger partial charge on any atom is -0.469 e. The summed E-state index contributed by atoms with van der Waals surface area (Å²) in [5, 5.41) is 0. The Kier molecular flexibility index (Phi) is 5.39. The third-order valence-electron chi connectivity index (χ3n) is 2.61. The molecule has 0 spiro atoms. The molecule has 5 nitrogen and oxygen atoms in total. The molecule has 0 radical (unpaired) electrons. The number of rotatable bonds is 7. The molecule has 0 aliphatic heterocycles. The van der Waals surface area contributed by atoms with Crippen LogP contribution in [0.1, 0.15) is 31.5 Å². The standard InChI is InChI=1S/C12H18N2O3/c1-14-9-8-13-11(14)5-3-4-10(15)6-7-12(16)17-2/h8-9H,3-7H2,1-2H3. The molecule has 1 aromatic rings. The summed E-state index contributed by atoms with van der Waals surface area (Å²) in [6.07, 6.45) is 6.12. The lowest BCUT2D eigenvalue weighted by Gasteiger charge is -2.02. The van der Waals surface area contributed by atoms with Gasteiger partial charge in [0.25, 0.3) is 0 Å².